The summed E-state index contributed by atoms with van der Waals surface area (Å²) in [5.74, 6) is -0.194. The molecule has 2 heterocycles. The molecule has 1 amide bonds. The molecule has 1 fully saturated rings. The van der Waals surface area contributed by atoms with Crippen LogP contribution in [0, 0.1) is 0 Å². The van der Waals surface area contributed by atoms with Gasteiger partial charge < -0.3 is 5.32 Å². The molecule has 0 saturated carbocycles. The minimum Gasteiger partial charge on any atom is -0.326 e. The molecule has 0 radical (unpaired) electrons. The first-order valence-electron chi connectivity index (χ1n) is 8.07. The number of nitrogens with one attached hydrogen (secondary N) is 1. The number of sulfonamides is 1. The molecule has 1 saturated heterocycles. The summed E-state index contributed by atoms with van der Waals surface area (Å²) in [6.07, 6.45) is 2.58. The second kappa shape index (κ2) is 7.86. The summed E-state index contributed by atoms with van der Waals surface area (Å²) in [7, 11) is -3.54. The fraction of sp³-hybridized carbons (Fsp3) is 0.353. The highest BCUT2D eigenvalue weighted by atomic mass is 35.5. The predicted octanol–water partition coefficient (Wildman–Crippen LogP) is 3.97. The van der Waals surface area contributed by atoms with Gasteiger partial charge in [0.2, 0.25) is 5.91 Å². The fourth-order valence-electron chi connectivity index (χ4n) is 2.98. The van der Waals surface area contributed by atoms with Crippen molar-refractivity contribution in [2.45, 2.75) is 35.9 Å². The quantitative estimate of drug-likeness (QED) is 0.828. The van der Waals surface area contributed by atoms with Crippen LogP contribution in [0.5, 0.6) is 0 Å². The van der Waals surface area contributed by atoms with E-state index in [1.54, 1.807) is 41.8 Å². The van der Waals surface area contributed by atoms with E-state index in [2.05, 4.69) is 5.32 Å². The SMILES string of the molecule is O=C(C[C@H]1CCCCN1S(=O)(=O)c1cccs1)Nc1ccc(Cl)cc1. The molecule has 1 aromatic carbocycles. The third kappa shape index (κ3) is 4.41. The van der Waals surface area contributed by atoms with E-state index in [0.717, 1.165) is 12.8 Å². The Bertz CT molecular complexity index is 820. The first-order valence-corrected chi connectivity index (χ1v) is 10.8. The van der Waals surface area contributed by atoms with Crippen molar-refractivity contribution in [3.63, 3.8) is 0 Å². The van der Waals surface area contributed by atoms with Crippen LogP contribution in [-0.2, 0) is 14.8 Å². The van der Waals surface area contributed by atoms with Crippen molar-refractivity contribution in [3.8, 4) is 0 Å². The highest BCUT2D eigenvalue weighted by Gasteiger charge is 2.35. The zero-order valence-electron chi connectivity index (χ0n) is 13.5. The zero-order chi connectivity index (χ0) is 17.9. The molecule has 134 valence electrons. The van der Waals surface area contributed by atoms with Crippen molar-refractivity contribution in [2.24, 2.45) is 0 Å². The van der Waals surface area contributed by atoms with E-state index >= 15 is 0 Å². The predicted molar refractivity (Wildman–Crippen MR) is 101 cm³/mol. The lowest BCUT2D eigenvalue weighted by molar-refractivity contribution is -0.117. The van der Waals surface area contributed by atoms with Gasteiger partial charge in [-0.3, -0.25) is 4.79 Å². The number of rotatable bonds is 5. The molecule has 0 spiro atoms. The van der Waals surface area contributed by atoms with Crippen molar-refractivity contribution in [1.29, 1.82) is 0 Å². The molecular weight excluding hydrogens is 380 g/mol. The number of amides is 1. The van der Waals surface area contributed by atoms with Crippen molar-refractivity contribution < 1.29 is 13.2 Å². The number of carbonyl (C=O) groups excluding carboxylic acids is 1. The average molecular weight is 399 g/mol. The van der Waals surface area contributed by atoms with Gasteiger partial charge in [0, 0.05) is 29.7 Å². The number of hydrogen-bond acceptors (Lipinski definition) is 4. The van der Waals surface area contributed by atoms with Gasteiger partial charge in [-0.2, -0.15) is 4.31 Å². The van der Waals surface area contributed by atoms with E-state index < -0.39 is 10.0 Å². The maximum absolute atomic E-state index is 12.8. The lowest BCUT2D eigenvalue weighted by Gasteiger charge is -2.34. The van der Waals surface area contributed by atoms with Crippen LogP contribution >= 0.6 is 22.9 Å². The van der Waals surface area contributed by atoms with Gasteiger partial charge in [0.25, 0.3) is 10.0 Å². The molecule has 5 nitrogen and oxygen atoms in total. The zero-order valence-corrected chi connectivity index (χ0v) is 15.9. The molecule has 0 aliphatic carbocycles. The average Bonchev–Trinajstić information content (AvgIpc) is 3.13. The van der Waals surface area contributed by atoms with E-state index in [-0.39, 0.29) is 18.4 Å². The van der Waals surface area contributed by atoms with Crippen molar-refractivity contribution in [2.75, 3.05) is 11.9 Å². The summed E-state index contributed by atoms with van der Waals surface area (Å²) in [6.45, 7) is 0.457. The number of hydrogen-bond donors (Lipinski definition) is 1. The van der Waals surface area contributed by atoms with Crippen LogP contribution in [0.25, 0.3) is 0 Å². The van der Waals surface area contributed by atoms with E-state index in [1.807, 2.05) is 0 Å². The maximum atomic E-state index is 12.8. The van der Waals surface area contributed by atoms with Gasteiger partial charge >= 0.3 is 0 Å². The molecule has 0 bridgehead atoms. The first kappa shape index (κ1) is 18.4. The van der Waals surface area contributed by atoms with Crippen LogP contribution in [0.2, 0.25) is 5.02 Å². The summed E-state index contributed by atoms with van der Waals surface area (Å²) in [4.78, 5) is 12.4. The monoisotopic (exact) mass is 398 g/mol. The molecule has 1 aliphatic rings. The second-order valence-electron chi connectivity index (χ2n) is 5.96. The maximum Gasteiger partial charge on any atom is 0.252 e. The van der Waals surface area contributed by atoms with Gasteiger partial charge in [-0.15, -0.1) is 11.3 Å². The van der Waals surface area contributed by atoms with Crippen molar-refractivity contribution >= 4 is 44.6 Å². The van der Waals surface area contributed by atoms with Crippen LogP contribution < -0.4 is 5.32 Å². The molecule has 2 aromatic rings. The van der Waals surface area contributed by atoms with Gasteiger partial charge in [-0.1, -0.05) is 24.1 Å². The van der Waals surface area contributed by atoms with Crippen LogP contribution in [0.15, 0.2) is 46.0 Å². The molecular formula is C17H19ClN2O3S2. The van der Waals surface area contributed by atoms with Gasteiger partial charge in [-0.25, -0.2) is 8.42 Å². The number of carbonyl (C=O) groups is 1. The molecule has 1 atom stereocenters. The number of piperidine rings is 1. The summed E-state index contributed by atoms with van der Waals surface area (Å²) in [5, 5.41) is 5.15. The minimum atomic E-state index is -3.54. The van der Waals surface area contributed by atoms with Crippen LogP contribution in [0.1, 0.15) is 25.7 Å². The fourth-order valence-corrected chi connectivity index (χ4v) is 5.92. The smallest absolute Gasteiger partial charge is 0.252 e. The van der Waals surface area contributed by atoms with E-state index in [9.17, 15) is 13.2 Å². The normalized spacial score (nSPS) is 18.8. The second-order valence-corrected chi connectivity index (χ2v) is 9.46. The summed E-state index contributed by atoms with van der Waals surface area (Å²) >= 11 is 7.04. The highest BCUT2D eigenvalue weighted by molar-refractivity contribution is 7.91. The molecule has 0 unspecified atom stereocenters. The van der Waals surface area contributed by atoms with Crippen molar-refractivity contribution in [1.82, 2.24) is 4.31 Å². The highest BCUT2D eigenvalue weighted by Crippen LogP contribution is 2.29. The third-order valence-corrected chi connectivity index (χ3v) is 7.76. The Balaban J connectivity index is 1.71. The van der Waals surface area contributed by atoms with Crippen LogP contribution in [0.4, 0.5) is 5.69 Å². The summed E-state index contributed by atoms with van der Waals surface area (Å²) in [6, 6.07) is 9.87. The van der Waals surface area contributed by atoms with Gasteiger partial charge in [0.1, 0.15) is 4.21 Å². The Labute approximate surface area is 156 Å². The molecule has 8 heteroatoms. The van der Waals surface area contributed by atoms with Gasteiger partial charge in [0.05, 0.1) is 0 Å². The minimum absolute atomic E-state index is 0.146. The number of benzene rings is 1. The number of halogens is 1. The Hall–Kier alpha value is -1.41. The number of anilines is 1. The third-order valence-electron chi connectivity index (χ3n) is 4.18. The number of nitrogens with zero attached hydrogens (tertiary/aromatic N) is 1. The molecule has 25 heavy (non-hydrogen) atoms. The first-order chi connectivity index (χ1) is 12.0. The number of thiophene rings is 1. The molecule has 1 aliphatic heterocycles. The Morgan fingerprint density at radius 3 is 2.68 bits per heavy atom. The van der Waals surface area contributed by atoms with E-state index in [1.165, 1.54) is 15.6 Å². The van der Waals surface area contributed by atoms with Crippen molar-refractivity contribution in [3.05, 3.63) is 46.8 Å². The van der Waals surface area contributed by atoms with Crippen LogP contribution in [0.3, 0.4) is 0 Å². The van der Waals surface area contributed by atoms with E-state index in [0.29, 0.717) is 27.9 Å². The van der Waals surface area contributed by atoms with Gasteiger partial charge in [0.15, 0.2) is 0 Å². The topological polar surface area (TPSA) is 66.5 Å². The largest absolute Gasteiger partial charge is 0.326 e. The lowest BCUT2D eigenvalue weighted by Crippen LogP contribution is -2.45. The summed E-state index contributed by atoms with van der Waals surface area (Å²) < 4.78 is 27.5. The standard InChI is InChI=1S/C17H19ClN2O3S2/c18-13-6-8-14(9-7-13)19-16(21)12-15-4-1-2-10-20(15)25(22,23)17-5-3-11-24-17/h3,5-9,11,15H,1-2,4,10,12H2,(H,19,21)/t15-/m1/s1. The summed E-state index contributed by atoms with van der Waals surface area (Å²) in [5.41, 5.74) is 0.651. The molecule has 1 aromatic heterocycles. The Morgan fingerprint density at radius 2 is 2.00 bits per heavy atom. The lowest BCUT2D eigenvalue weighted by atomic mass is 10.0. The Kier molecular flexibility index (Phi) is 5.78. The molecule has 3 rings (SSSR count). The van der Waals surface area contributed by atoms with Crippen LogP contribution in [-0.4, -0.2) is 31.2 Å². The van der Waals surface area contributed by atoms with E-state index in [4.69, 9.17) is 11.6 Å². The van der Waals surface area contributed by atoms with Gasteiger partial charge in [-0.05, 0) is 48.6 Å². The Morgan fingerprint density at radius 1 is 1.24 bits per heavy atom. The molecule has 1 N–H and O–H groups in total.